The van der Waals surface area contributed by atoms with E-state index in [0.29, 0.717) is 6.54 Å². The molecule has 0 spiro atoms. The van der Waals surface area contributed by atoms with Crippen LogP contribution in [0.15, 0.2) is 54.6 Å². The number of anilines is 1. The van der Waals surface area contributed by atoms with Crippen molar-refractivity contribution in [2.24, 2.45) is 0 Å². The molecule has 0 N–H and O–H groups in total. The summed E-state index contributed by atoms with van der Waals surface area (Å²) in [5, 5.41) is 0. The van der Waals surface area contributed by atoms with Crippen molar-refractivity contribution in [1.82, 2.24) is 0 Å². The molecule has 0 aliphatic heterocycles. The zero-order valence-electron chi connectivity index (χ0n) is 14.4. The molecule has 0 heterocycles. The summed E-state index contributed by atoms with van der Waals surface area (Å²) < 4.78 is 5.72. The molecule has 0 aromatic heterocycles. The molecular weight excluding hydrogens is 286 g/mol. The van der Waals surface area contributed by atoms with Crippen molar-refractivity contribution >= 4 is 11.6 Å². The van der Waals surface area contributed by atoms with Crippen LogP contribution in [-0.2, 0) is 10.2 Å². The lowest BCUT2D eigenvalue weighted by molar-refractivity contribution is -0.120. The van der Waals surface area contributed by atoms with Crippen LogP contribution in [0.25, 0.3) is 0 Å². The number of benzene rings is 2. The zero-order valence-corrected chi connectivity index (χ0v) is 14.4. The van der Waals surface area contributed by atoms with Gasteiger partial charge >= 0.3 is 0 Å². The van der Waals surface area contributed by atoms with E-state index in [9.17, 15) is 4.79 Å². The van der Waals surface area contributed by atoms with E-state index in [2.05, 4.69) is 26.8 Å². The third-order valence-electron chi connectivity index (χ3n) is 3.75. The monoisotopic (exact) mass is 311 g/mol. The van der Waals surface area contributed by atoms with Gasteiger partial charge in [-0.25, -0.2) is 0 Å². The fraction of sp³-hybridized carbons (Fsp3) is 0.350. The van der Waals surface area contributed by atoms with Crippen LogP contribution in [0.3, 0.4) is 0 Å². The molecule has 2 aromatic rings. The van der Waals surface area contributed by atoms with Crippen LogP contribution in [0.1, 0.15) is 33.3 Å². The Balaban J connectivity index is 2.04. The number of nitrogens with zero attached hydrogens (tertiary/aromatic N) is 1. The summed E-state index contributed by atoms with van der Waals surface area (Å²) in [7, 11) is 0. The number of likely N-dealkylation sites (N-methyl/N-ethyl adjacent to an activating group) is 1. The van der Waals surface area contributed by atoms with Gasteiger partial charge < -0.3 is 9.64 Å². The van der Waals surface area contributed by atoms with Crippen molar-refractivity contribution in [1.29, 1.82) is 0 Å². The second-order valence-electron chi connectivity index (χ2n) is 6.54. The van der Waals surface area contributed by atoms with Gasteiger partial charge in [-0.2, -0.15) is 0 Å². The minimum atomic E-state index is -0.0418. The number of carbonyl (C=O) groups is 1. The first-order chi connectivity index (χ1) is 10.9. The molecule has 23 heavy (non-hydrogen) atoms. The number of hydrogen-bond donors (Lipinski definition) is 0. The summed E-state index contributed by atoms with van der Waals surface area (Å²) in [6.07, 6.45) is 0. The highest BCUT2D eigenvalue weighted by atomic mass is 16.5. The summed E-state index contributed by atoms with van der Waals surface area (Å²) in [6.45, 7) is 9.10. The van der Waals surface area contributed by atoms with Crippen molar-refractivity contribution in [3.8, 4) is 5.75 Å². The molecule has 0 atom stereocenters. The molecule has 1 amide bonds. The molecule has 2 rings (SSSR count). The topological polar surface area (TPSA) is 29.5 Å². The van der Waals surface area contributed by atoms with Gasteiger partial charge in [0, 0.05) is 12.2 Å². The SMILES string of the molecule is CCN(C(=O)COc1cccc(C(C)(C)C)c1)c1ccccc1. The van der Waals surface area contributed by atoms with Gasteiger partial charge in [0.1, 0.15) is 5.75 Å². The fourth-order valence-electron chi connectivity index (χ4n) is 2.39. The van der Waals surface area contributed by atoms with Crippen LogP contribution in [0, 0.1) is 0 Å². The van der Waals surface area contributed by atoms with Crippen LogP contribution < -0.4 is 9.64 Å². The highest BCUT2D eigenvalue weighted by Gasteiger charge is 2.16. The largest absolute Gasteiger partial charge is 0.484 e. The minimum absolute atomic E-state index is 0.0380. The van der Waals surface area contributed by atoms with E-state index in [0.717, 1.165) is 11.4 Å². The lowest BCUT2D eigenvalue weighted by atomic mass is 9.87. The van der Waals surface area contributed by atoms with Gasteiger partial charge in [0.25, 0.3) is 5.91 Å². The van der Waals surface area contributed by atoms with E-state index in [1.807, 2.05) is 55.5 Å². The number of carbonyl (C=O) groups excluding carboxylic acids is 1. The Kier molecular flexibility index (Phi) is 5.43. The van der Waals surface area contributed by atoms with Gasteiger partial charge in [0.15, 0.2) is 6.61 Å². The quantitative estimate of drug-likeness (QED) is 0.818. The number of rotatable bonds is 5. The fourth-order valence-corrected chi connectivity index (χ4v) is 2.39. The smallest absolute Gasteiger partial charge is 0.264 e. The number of hydrogen-bond acceptors (Lipinski definition) is 2. The van der Waals surface area contributed by atoms with Gasteiger partial charge in [0.2, 0.25) is 0 Å². The third-order valence-corrected chi connectivity index (χ3v) is 3.75. The van der Waals surface area contributed by atoms with Crippen molar-refractivity contribution < 1.29 is 9.53 Å². The van der Waals surface area contributed by atoms with Crippen molar-refractivity contribution in [2.75, 3.05) is 18.1 Å². The maximum absolute atomic E-state index is 12.4. The normalized spacial score (nSPS) is 11.1. The molecular formula is C20H25NO2. The maximum atomic E-state index is 12.4. The van der Waals surface area contributed by atoms with Crippen LogP contribution >= 0.6 is 0 Å². The summed E-state index contributed by atoms with van der Waals surface area (Å²) in [6, 6.07) is 17.6. The van der Waals surface area contributed by atoms with Crippen molar-refractivity contribution in [2.45, 2.75) is 33.1 Å². The number of ether oxygens (including phenoxy) is 1. The average molecular weight is 311 g/mol. The first-order valence-electron chi connectivity index (χ1n) is 8.00. The zero-order chi connectivity index (χ0) is 16.9. The van der Waals surface area contributed by atoms with Crippen LogP contribution in [0.2, 0.25) is 0 Å². The molecule has 0 fully saturated rings. The molecule has 0 bridgehead atoms. The third kappa shape index (κ3) is 4.59. The molecule has 0 saturated heterocycles. The molecule has 3 nitrogen and oxygen atoms in total. The molecule has 3 heteroatoms. The highest BCUT2D eigenvalue weighted by Crippen LogP contribution is 2.25. The summed E-state index contributed by atoms with van der Waals surface area (Å²) >= 11 is 0. The van der Waals surface area contributed by atoms with E-state index in [1.165, 1.54) is 5.56 Å². The summed E-state index contributed by atoms with van der Waals surface area (Å²) in [4.78, 5) is 14.2. The standard InChI is InChI=1S/C20H25NO2/c1-5-21(17-11-7-6-8-12-17)19(22)15-23-18-13-9-10-16(14-18)20(2,3)4/h6-14H,5,15H2,1-4H3. The lowest BCUT2D eigenvalue weighted by Gasteiger charge is -2.22. The first kappa shape index (κ1) is 17.1. The second kappa shape index (κ2) is 7.32. The molecule has 0 unspecified atom stereocenters. The van der Waals surface area contributed by atoms with Crippen molar-refractivity contribution in [3.05, 3.63) is 60.2 Å². The predicted molar refractivity (Wildman–Crippen MR) is 95.1 cm³/mol. The van der Waals surface area contributed by atoms with Crippen LogP contribution in [0.4, 0.5) is 5.69 Å². The maximum Gasteiger partial charge on any atom is 0.264 e. The van der Waals surface area contributed by atoms with Gasteiger partial charge in [-0.1, -0.05) is 51.1 Å². The highest BCUT2D eigenvalue weighted by molar-refractivity contribution is 5.94. The van der Waals surface area contributed by atoms with Gasteiger partial charge in [-0.3, -0.25) is 4.79 Å². The molecule has 0 radical (unpaired) electrons. The Bertz CT molecular complexity index is 644. The Morgan fingerprint density at radius 2 is 1.74 bits per heavy atom. The average Bonchev–Trinajstić information content (AvgIpc) is 2.54. The lowest BCUT2D eigenvalue weighted by Crippen LogP contribution is -2.34. The van der Waals surface area contributed by atoms with E-state index >= 15 is 0 Å². The minimum Gasteiger partial charge on any atom is -0.484 e. The molecule has 0 aliphatic carbocycles. The van der Waals surface area contributed by atoms with Crippen LogP contribution in [0.5, 0.6) is 5.75 Å². The van der Waals surface area contributed by atoms with E-state index in [4.69, 9.17) is 4.74 Å². The van der Waals surface area contributed by atoms with Crippen molar-refractivity contribution in [3.63, 3.8) is 0 Å². The molecule has 2 aromatic carbocycles. The molecule has 0 aliphatic rings. The Labute approximate surface area is 138 Å². The van der Waals surface area contributed by atoms with Crippen LogP contribution in [-0.4, -0.2) is 19.1 Å². The Morgan fingerprint density at radius 1 is 1.04 bits per heavy atom. The van der Waals surface area contributed by atoms with Gasteiger partial charge in [0.05, 0.1) is 0 Å². The predicted octanol–water partition coefficient (Wildman–Crippen LogP) is 4.42. The van der Waals surface area contributed by atoms with Gasteiger partial charge in [-0.15, -0.1) is 0 Å². The van der Waals surface area contributed by atoms with E-state index in [1.54, 1.807) is 4.90 Å². The number of para-hydroxylation sites is 1. The van der Waals surface area contributed by atoms with E-state index in [-0.39, 0.29) is 17.9 Å². The molecule has 122 valence electrons. The Hall–Kier alpha value is -2.29. The van der Waals surface area contributed by atoms with E-state index < -0.39 is 0 Å². The first-order valence-corrected chi connectivity index (χ1v) is 8.00. The second-order valence-corrected chi connectivity index (χ2v) is 6.54. The summed E-state index contributed by atoms with van der Waals surface area (Å²) in [5.74, 6) is 0.690. The summed E-state index contributed by atoms with van der Waals surface area (Å²) in [5.41, 5.74) is 2.15. The number of amides is 1. The molecule has 0 saturated carbocycles. The van der Waals surface area contributed by atoms with Gasteiger partial charge in [-0.05, 0) is 42.2 Å². The Morgan fingerprint density at radius 3 is 2.35 bits per heavy atom.